The molecule has 0 spiro atoms. The van der Waals surface area contributed by atoms with Gasteiger partial charge in [0.1, 0.15) is 4.99 Å². The second-order valence-corrected chi connectivity index (χ2v) is 4.74. The van der Waals surface area contributed by atoms with Gasteiger partial charge >= 0.3 is 0 Å². The summed E-state index contributed by atoms with van der Waals surface area (Å²) in [6.45, 7) is 4.30. The molecule has 1 aromatic rings. The van der Waals surface area contributed by atoms with Crippen LogP contribution < -0.4 is 11.1 Å². The van der Waals surface area contributed by atoms with Crippen molar-refractivity contribution in [3.05, 3.63) is 28.8 Å². The fourth-order valence-corrected chi connectivity index (χ4v) is 1.92. The minimum absolute atomic E-state index is 0.370. The number of nitrogens with two attached hydrogens (primary N) is 1. The minimum atomic E-state index is 0.370. The molecule has 0 aliphatic carbocycles. The van der Waals surface area contributed by atoms with Gasteiger partial charge in [0.2, 0.25) is 0 Å². The fraction of sp³-hybridized carbons (Fsp3) is 0.417. The van der Waals surface area contributed by atoms with Gasteiger partial charge in [0.05, 0.1) is 10.7 Å². The molecule has 0 saturated carbocycles. The van der Waals surface area contributed by atoms with Gasteiger partial charge in [0, 0.05) is 11.6 Å². The molecule has 0 saturated heterocycles. The van der Waals surface area contributed by atoms with Crippen LogP contribution in [0, 0.1) is 0 Å². The van der Waals surface area contributed by atoms with Crippen molar-refractivity contribution in [3.63, 3.8) is 0 Å². The Morgan fingerprint density at radius 3 is 2.75 bits per heavy atom. The summed E-state index contributed by atoms with van der Waals surface area (Å²) in [5.41, 5.74) is 7.27. The Hall–Kier alpha value is -0.800. The third kappa shape index (κ3) is 3.65. The number of hydrogen-bond donors (Lipinski definition) is 2. The lowest BCUT2D eigenvalue weighted by Gasteiger charge is -2.15. The molecule has 0 aliphatic rings. The molecule has 0 radical (unpaired) electrons. The summed E-state index contributed by atoms with van der Waals surface area (Å²) >= 11 is 11.0. The Bertz CT molecular complexity index is 379. The molecule has 0 heterocycles. The van der Waals surface area contributed by atoms with Gasteiger partial charge in [-0.3, -0.25) is 0 Å². The standard InChI is InChI=1S/C12H17ClN2S/c1-3-4-8(2)15-11-6-5-9(12(14)16)7-10(11)13/h5-8,15H,3-4H2,1-2H3,(H2,14,16). The molecule has 0 aromatic heterocycles. The first-order chi connectivity index (χ1) is 7.54. The van der Waals surface area contributed by atoms with Gasteiger partial charge in [-0.1, -0.05) is 37.2 Å². The van der Waals surface area contributed by atoms with E-state index in [1.165, 1.54) is 0 Å². The quantitative estimate of drug-likeness (QED) is 0.791. The molecule has 0 bridgehead atoms. The van der Waals surface area contributed by atoms with Crippen LogP contribution in [0.5, 0.6) is 0 Å². The Kier molecular flexibility index (Phi) is 5.03. The Balaban J connectivity index is 2.79. The summed E-state index contributed by atoms with van der Waals surface area (Å²) in [5.74, 6) is 0. The molecule has 0 fully saturated rings. The Labute approximate surface area is 107 Å². The number of halogens is 1. The number of anilines is 1. The van der Waals surface area contributed by atoms with Gasteiger partial charge in [-0.15, -0.1) is 0 Å². The highest BCUT2D eigenvalue weighted by Gasteiger charge is 2.06. The van der Waals surface area contributed by atoms with E-state index in [2.05, 4.69) is 19.2 Å². The van der Waals surface area contributed by atoms with E-state index in [-0.39, 0.29) is 0 Å². The maximum atomic E-state index is 6.14. The predicted molar refractivity (Wildman–Crippen MR) is 75.3 cm³/mol. The molecule has 1 atom stereocenters. The van der Waals surface area contributed by atoms with Crippen LogP contribution >= 0.6 is 23.8 Å². The van der Waals surface area contributed by atoms with Crippen molar-refractivity contribution in [1.82, 2.24) is 0 Å². The lowest BCUT2D eigenvalue weighted by atomic mass is 10.1. The third-order valence-electron chi connectivity index (χ3n) is 2.38. The fourth-order valence-electron chi connectivity index (χ4n) is 1.56. The normalized spacial score (nSPS) is 12.2. The van der Waals surface area contributed by atoms with Crippen LogP contribution in [0.1, 0.15) is 32.3 Å². The van der Waals surface area contributed by atoms with Gasteiger partial charge in [-0.2, -0.15) is 0 Å². The third-order valence-corrected chi connectivity index (χ3v) is 2.93. The Morgan fingerprint density at radius 1 is 1.56 bits per heavy atom. The van der Waals surface area contributed by atoms with Crippen molar-refractivity contribution in [2.75, 3.05) is 5.32 Å². The van der Waals surface area contributed by atoms with Crippen molar-refractivity contribution < 1.29 is 0 Å². The second kappa shape index (κ2) is 6.06. The van der Waals surface area contributed by atoms with Crippen LogP contribution in [0.2, 0.25) is 5.02 Å². The van der Waals surface area contributed by atoms with Crippen molar-refractivity contribution in [3.8, 4) is 0 Å². The summed E-state index contributed by atoms with van der Waals surface area (Å²) in [4.78, 5) is 0.370. The number of thiocarbonyl (C=S) groups is 1. The second-order valence-electron chi connectivity index (χ2n) is 3.89. The highest BCUT2D eigenvalue weighted by molar-refractivity contribution is 7.80. The lowest BCUT2D eigenvalue weighted by molar-refractivity contribution is 0.690. The Morgan fingerprint density at radius 2 is 2.25 bits per heavy atom. The van der Waals surface area contributed by atoms with E-state index in [0.717, 1.165) is 24.1 Å². The first kappa shape index (κ1) is 13.3. The topological polar surface area (TPSA) is 38.0 Å². The highest BCUT2D eigenvalue weighted by atomic mass is 35.5. The minimum Gasteiger partial charge on any atom is -0.389 e. The molecule has 16 heavy (non-hydrogen) atoms. The summed E-state index contributed by atoms with van der Waals surface area (Å²) in [6, 6.07) is 6.02. The smallest absolute Gasteiger partial charge is 0.104 e. The zero-order valence-electron chi connectivity index (χ0n) is 9.59. The van der Waals surface area contributed by atoms with Crippen LogP contribution in [-0.2, 0) is 0 Å². The molecule has 88 valence electrons. The summed E-state index contributed by atoms with van der Waals surface area (Å²) in [7, 11) is 0. The molecule has 1 unspecified atom stereocenters. The van der Waals surface area contributed by atoms with Gasteiger partial charge in [-0.05, 0) is 31.5 Å². The maximum Gasteiger partial charge on any atom is 0.104 e. The summed E-state index contributed by atoms with van der Waals surface area (Å²) in [5, 5.41) is 4.02. The van der Waals surface area contributed by atoms with Crippen molar-refractivity contribution in [1.29, 1.82) is 0 Å². The molecule has 1 rings (SSSR count). The number of nitrogens with one attached hydrogen (secondary N) is 1. The molecule has 0 aliphatic heterocycles. The van der Waals surface area contributed by atoms with Crippen LogP contribution in [0.15, 0.2) is 18.2 Å². The molecule has 4 heteroatoms. The first-order valence-electron chi connectivity index (χ1n) is 5.40. The van der Waals surface area contributed by atoms with Gasteiger partial charge in [0.15, 0.2) is 0 Å². The summed E-state index contributed by atoms with van der Waals surface area (Å²) in [6.07, 6.45) is 2.27. The van der Waals surface area contributed by atoms with Gasteiger partial charge < -0.3 is 11.1 Å². The highest BCUT2D eigenvalue weighted by Crippen LogP contribution is 2.24. The zero-order valence-corrected chi connectivity index (χ0v) is 11.2. The van der Waals surface area contributed by atoms with Crippen molar-refractivity contribution >= 4 is 34.5 Å². The van der Waals surface area contributed by atoms with Crippen molar-refractivity contribution in [2.24, 2.45) is 5.73 Å². The van der Waals surface area contributed by atoms with E-state index >= 15 is 0 Å². The SMILES string of the molecule is CCCC(C)Nc1ccc(C(N)=S)cc1Cl. The monoisotopic (exact) mass is 256 g/mol. The molecule has 1 aromatic carbocycles. The van der Waals surface area contributed by atoms with Gasteiger partial charge in [0.25, 0.3) is 0 Å². The maximum absolute atomic E-state index is 6.14. The van der Waals surface area contributed by atoms with E-state index in [4.69, 9.17) is 29.6 Å². The van der Waals surface area contributed by atoms with Crippen LogP contribution in [0.3, 0.4) is 0 Å². The van der Waals surface area contributed by atoms with E-state index in [1.807, 2.05) is 12.1 Å². The number of rotatable bonds is 5. The predicted octanol–water partition coefficient (Wildman–Crippen LogP) is 3.57. The summed E-state index contributed by atoms with van der Waals surface area (Å²) < 4.78 is 0. The number of hydrogen-bond acceptors (Lipinski definition) is 2. The molecule has 0 amide bonds. The van der Waals surface area contributed by atoms with Crippen molar-refractivity contribution in [2.45, 2.75) is 32.7 Å². The zero-order chi connectivity index (χ0) is 12.1. The molecule has 2 nitrogen and oxygen atoms in total. The lowest BCUT2D eigenvalue weighted by Crippen LogP contribution is -2.15. The van der Waals surface area contributed by atoms with E-state index < -0.39 is 0 Å². The first-order valence-corrected chi connectivity index (χ1v) is 6.19. The number of benzene rings is 1. The van der Waals surface area contributed by atoms with Gasteiger partial charge in [-0.25, -0.2) is 0 Å². The molecule has 3 N–H and O–H groups in total. The molecular weight excluding hydrogens is 240 g/mol. The average molecular weight is 257 g/mol. The van der Waals surface area contributed by atoms with Crippen LogP contribution in [0.4, 0.5) is 5.69 Å². The van der Waals surface area contributed by atoms with E-state index in [9.17, 15) is 0 Å². The average Bonchev–Trinajstić information content (AvgIpc) is 2.21. The van der Waals surface area contributed by atoms with Crippen LogP contribution in [-0.4, -0.2) is 11.0 Å². The largest absolute Gasteiger partial charge is 0.389 e. The molecular formula is C12H17ClN2S. The van der Waals surface area contributed by atoms with E-state index in [0.29, 0.717) is 16.1 Å². The van der Waals surface area contributed by atoms with E-state index in [1.54, 1.807) is 6.07 Å². The van der Waals surface area contributed by atoms with Crippen LogP contribution in [0.25, 0.3) is 0 Å².